The van der Waals surface area contributed by atoms with Crippen LogP contribution in [-0.2, 0) is 9.53 Å². The molecule has 0 aliphatic rings. The van der Waals surface area contributed by atoms with Crippen LogP contribution in [0.25, 0.3) is 0 Å². The van der Waals surface area contributed by atoms with Crippen LogP contribution in [0.5, 0.6) is 0 Å². The highest BCUT2D eigenvalue weighted by atomic mass is 79.9. The molecule has 0 N–H and O–H groups in total. The summed E-state index contributed by atoms with van der Waals surface area (Å²) >= 11 is 2.95. The van der Waals surface area contributed by atoms with E-state index in [2.05, 4.69) is 26.7 Å². The van der Waals surface area contributed by atoms with E-state index in [1.54, 1.807) is 0 Å². The summed E-state index contributed by atoms with van der Waals surface area (Å²) in [5.74, 6) is 2.56. The molecule has 0 aliphatic heterocycles. The van der Waals surface area contributed by atoms with Crippen molar-refractivity contribution in [3.63, 3.8) is 0 Å². The summed E-state index contributed by atoms with van der Waals surface area (Å²) in [7, 11) is 0. The van der Waals surface area contributed by atoms with Gasteiger partial charge in [-0.2, -0.15) is 0 Å². The van der Waals surface area contributed by atoms with E-state index in [-0.39, 0.29) is 5.97 Å². The van der Waals surface area contributed by atoms with Crippen molar-refractivity contribution in [2.75, 3.05) is 6.61 Å². The molecule has 0 heterocycles. The van der Waals surface area contributed by atoms with Gasteiger partial charge in [0.2, 0.25) is 0 Å². The van der Waals surface area contributed by atoms with Crippen molar-refractivity contribution in [2.45, 2.75) is 27.2 Å². The first-order valence-corrected chi connectivity index (χ1v) is 4.53. The molecule has 12 heavy (non-hydrogen) atoms. The van der Waals surface area contributed by atoms with Crippen LogP contribution in [0.4, 0.5) is 0 Å². The van der Waals surface area contributed by atoms with Crippen LogP contribution in [0.1, 0.15) is 27.2 Å². The molecule has 0 atom stereocenters. The number of carbonyl (C=O) groups is 1. The fourth-order valence-electron chi connectivity index (χ4n) is 0.459. The Hall–Kier alpha value is -0.490. The van der Waals surface area contributed by atoms with E-state index in [1.807, 2.05) is 20.8 Å². The van der Waals surface area contributed by atoms with E-state index >= 15 is 0 Å². The number of carbonyl (C=O) groups excluding carboxylic acids is 1. The Bertz CT molecular complexity index is 205. The molecule has 0 radical (unpaired) electrons. The molecular weight excluding hydrogens is 220 g/mol. The average molecular weight is 233 g/mol. The molecule has 0 saturated carbocycles. The lowest BCUT2D eigenvalue weighted by atomic mass is 9.97. The third-order valence-electron chi connectivity index (χ3n) is 1.14. The first kappa shape index (κ1) is 11.5. The lowest BCUT2D eigenvalue weighted by molar-refractivity contribution is -0.152. The predicted octanol–water partition coefficient (Wildman–Crippen LogP) is 2.32. The highest BCUT2D eigenvalue weighted by molar-refractivity contribution is 9.12. The minimum absolute atomic E-state index is 0.182. The molecule has 2 nitrogen and oxygen atoms in total. The first-order valence-electron chi connectivity index (χ1n) is 3.74. The van der Waals surface area contributed by atoms with E-state index in [9.17, 15) is 4.79 Å². The maximum atomic E-state index is 11.1. The van der Waals surface area contributed by atoms with Gasteiger partial charge in [-0.3, -0.25) is 4.79 Å². The topological polar surface area (TPSA) is 26.3 Å². The van der Waals surface area contributed by atoms with Gasteiger partial charge in [-0.15, -0.1) is 0 Å². The van der Waals surface area contributed by atoms with E-state index in [0.717, 1.165) is 0 Å². The van der Waals surface area contributed by atoms with Crippen molar-refractivity contribution >= 4 is 21.9 Å². The monoisotopic (exact) mass is 232 g/mol. The zero-order valence-corrected chi connectivity index (χ0v) is 9.19. The Morgan fingerprint density at radius 2 is 2.08 bits per heavy atom. The first-order chi connectivity index (χ1) is 5.48. The normalized spacial score (nSPS) is 10.0. The van der Waals surface area contributed by atoms with Gasteiger partial charge in [0.1, 0.15) is 6.61 Å². The summed E-state index contributed by atoms with van der Waals surface area (Å²) in [5.41, 5.74) is -0.415. The number of rotatable bonds is 2. The van der Waals surface area contributed by atoms with Crippen molar-refractivity contribution < 1.29 is 9.53 Å². The third kappa shape index (κ3) is 5.20. The van der Waals surface area contributed by atoms with Crippen LogP contribution in [-0.4, -0.2) is 12.6 Å². The predicted molar refractivity (Wildman–Crippen MR) is 51.7 cm³/mol. The summed E-state index contributed by atoms with van der Waals surface area (Å²) in [6, 6.07) is 0. The van der Waals surface area contributed by atoms with Crippen molar-refractivity contribution in [3.8, 4) is 10.8 Å². The van der Waals surface area contributed by atoms with Crippen molar-refractivity contribution in [1.82, 2.24) is 0 Å². The molecule has 0 aromatic carbocycles. The van der Waals surface area contributed by atoms with E-state index in [0.29, 0.717) is 13.0 Å². The third-order valence-corrected chi connectivity index (χ3v) is 1.42. The highest BCUT2D eigenvalue weighted by Gasteiger charge is 2.22. The molecule has 0 saturated heterocycles. The van der Waals surface area contributed by atoms with Gasteiger partial charge in [-0.25, -0.2) is 0 Å². The molecule has 0 amide bonds. The molecule has 0 fully saturated rings. The summed E-state index contributed by atoms with van der Waals surface area (Å²) in [6.45, 7) is 5.84. The standard InChI is InChI=1S/C9H13BrO2/c1-9(2,3)8(11)12-7-5-4-6-10/h5,7H2,1-3H3. The van der Waals surface area contributed by atoms with Gasteiger partial charge in [-0.1, -0.05) is 5.92 Å². The molecule has 68 valence electrons. The second kappa shape index (κ2) is 5.21. The van der Waals surface area contributed by atoms with Crippen LogP contribution in [0.3, 0.4) is 0 Å². The molecule has 0 rings (SSSR count). The smallest absolute Gasteiger partial charge is 0.311 e. The molecule has 0 aromatic rings. The summed E-state index contributed by atoms with van der Waals surface area (Å²) < 4.78 is 4.95. The van der Waals surface area contributed by atoms with Gasteiger partial charge in [0, 0.05) is 22.4 Å². The number of esters is 1. The highest BCUT2D eigenvalue weighted by Crippen LogP contribution is 2.14. The minimum Gasteiger partial charge on any atom is -0.464 e. The quantitative estimate of drug-likeness (QED) is 0.415. The van der Waals surface area contributed by atoms with Crippen molar-refractivity contribution in [3.05, 3.63) is 0 Å². The summed E-state index contributed by atoms with van der Waals surface area (Å²) in [6.07, 6.45) is 0.576. The Kier molecular flexibility index (Phi) is 5.00. The maximum Gasteiger partial charge on any atom is 0.311 e. The van der Waals surface area contributed by atoms with E-state index in [4.69, 9.17) is 4.74 Å². The second-order valence-electron chi connectivity index (χ2n) is 3.41. The number of hydrogen-bond acceptors (Lipinski definition) is 2. The summed E-state index contributed by atoms with van der Waals surface area (Å²) in [4.78, 5) is 13.7. The van der Waals surface area contributed by atoms with Crippen LogP contribution in [0.2, 0.25) is 0 Å². The van der Waals surface area contributed by atoms with Crippen LogP contribution in [0, 0.1) is 16.2 Å². The van der Waals surface area contributed by atoms with Gasteiger partial charge in [0.15, 0.2) is 0 Å². The molecule has 0 unspecified atom stereocenters. The lowest BCUT2D eigenvalue weighted by Crippen LogP contribution is -2.23. The Balaban J connectivity index is 3.63. The fraction of sp³-hybridized carbons (Fsp3) is 0.667. The molecule has 3 heteroatoms. The van der Waals surface area contributed by atoms with Crippen LogP contribution >= 0.6 is 15.9 Å². The van der Waals surface area contributed by atoms with E-state index in [1.165, 1.54) is 0 Å². The lowest BCUT2D eigenvalue weighted by Gasteiger charge is -2.15. The molecule has 0 bridgehead atoms. The second-order valence-corrected chi connectivity index (χ2v) is 3.80. The minimum atomic E-state index is -0.415. The molecule has 0 aromatic heterocycles. The molecule has 0 spiro atoms. The number of hydrogen-bond donors (Lipinski definition) is 0. The van der Waals surface area contributed by atoms with Crippen molar-refractivity contribution in [2.24, 2.45) is 5.41 Å². The molecule has 0 aliphatic carbocycles. The van der Waals surface area contributed by atoms with Crippen LogP contribution in [0.15, 0.2) is 0 Å². The summed E-state index contributed by atoms with van der Waals surface area (Å²) in [5, 5.41) is 0. The Morgan fingerprint density at radius 1 is 1.50 bits per heavy atom. The van der Waals surface area contributed by atoms with E-state index < -0.39 is 5.41 Å². The number of ether oxygens (including phenoxy) is 1. The van der Waals surface area contributed by atoms with Crippen molar-refractivity contribution in [1.29, 1.82) is 0 Å². The molecular formula is C9H13BrO2. The van der Waals surface area contributed by atoms with Gasteiger partial charge in [-0.05, 0) is 25.6 Å². The fourth-order valence-corrected chi connectivity index (χ4v) is 0.657. The zero-order valence-electron chi connectivity index (χ0n) is 7.61. The van der Waals surface area contributed by atoms with Gasteiger partial charge >= 0.3 is 5.97 Å². The zero-order chi connectivity index (χ0) is 9.61. The van der Waals surface area contributed by atoms with Gasteiger partial charge in [0.05, 0.1) is 5.41 Å². The number of halogens is 1. The van der Waals surface area contributed by atoms with Gasteiger partial charge in [0.25, 0.3) is 0 Å². The SMILES string of the molecule is CC(C)(C)C(=O)OCCC#CBr. The van der Waals surface area contributed by atoms with Crippen LogP contribution < -0.4 is 0 Å². The Morgan fingerprint density at radius 3 is 2.50 bits per heavy atom. The van der Waals surface area contributed by atoms with Gasteiger partial charge < -0.3 is 4.74 Å². The largest absolute Gasteiger partial charge is 0.464 e. The Labute approximate surface area is 81.8 Å². The average Bonchev–Trinajstić information content (AvgIpc) is 1.96. The maximum absolute atomic E-state index is 11.1.